The van der Waals surface area contributed by atoms with Crippen molar-refractivity contribution in [2.45, 2.75) is 25.0 Å². The monoisotopic (exact) mass is 271 g/mol. The van der Waals surface area contributed by atoms with Crippen LogP contribution in [0.3, 0.4) is 0 Å². The number of nitrogens with zero attached hydrogens (tertiary/aromatic N) is 3. The van der Waals surface area contributed by atoms with Crippen LogP contribution in [0.25, 0.3) is 0 Å². The number of aliphatic hydroxyl groups is 1. The number of rotatable bonds is 1. The molecule has 2 heterocycles. The van der Waals surface area contributed by atoms with E-state index in [1.807, 2.05) is 7.05 Å². The zero-order valence-electron chi connectivity index (χ0n) is 11.2. The molecule has 0 saturated carbocycles. The summed E-state index contributed by atoms with van der Waals surface area (Å²) in [5, 5.41) is 18.7. The van der Waals surface area contributed by atoms with E-state index in [4.69, 9.17) is 5.11 Å². The maximum atomic E-state index is 12.4. The lowest BCUT2D eigenvalue weighted by Crippen LogP contribution is -2.49. The van der Waals surface area contributed by atoms with Gasteiger partial charge in [-0.3, -0.25) is 0 Å². The summed E-state index contributed by atoms with van der Waals surface area (Å²) < 4.78 is 0. The molecule has 0 bridgehead atoms. The molecule has 2 saturated heterocycles. The number of amides is 2. The third kappa shape index (κ3) is 3.16. The Morgan fingerprint density at radius 3 is 2.58 bits per heavy atom. The molecule has 2 atom stereocenters. The molecule has 0 aromatic heterocycles. The Bertz CT molecular complexity index is 363. The number of likely N-dealkylation sites (N-methyl/N-ethyl adjacent to an activating group) is 1. The average Bonchev–Trinajstić information content (AvgIpc) is 2.61. The first-order valence-electron chi connectivity index (χ1n) is 6.64. The lowest BCUT2D eigenvalue weighted by Gasteiger charge is -2.29. The Kier molecular flexibility index (Phi) is 4.26. The molecule has 0 spiro atoms. The van der Waals surface area contributed by atoms with Gasteiger partial charge in [0.05, 0.1) is 6.10 Å². The molecule has 7 heteroatoms. The number of hydrogen-bond acceptors (Lipinski definition) is 4. The molecule has 1 unspecified atom stereocenters. The average molecular weight is 271 g/mol. The first kappa shape index (κ1) is 14.1. The summed E-state index contributed by atoms with van der Waals surface area (Å²) >= 11 is 0. The summed E-state index contributed by atoms with van der Waals surface area (Å²) in [6, 6.07) is -1.16. The fourth-order valence-electron chi connectivity index (χ4n) is 2.68. The highest BCUT2D eigenvalue weighted by molar-refractivity contribution is 5.83. The fourth-order valence-corrected chi connectivity index (χ4v) is 2.68. The van der Waals surface area contributed by atoms with E-state index in [2.05, 4.69) is 4.90 Å². The fraction of sp³-hybridized carbons (Fsp3) is 0.833. The van der Waals surface area contributed by atoms with E-state index in [0.29, 0.717) is 13.1 Å². The molecule has 19 heavy (non-hydrogen) atoms. The summed E-state index contributed by atoms with van der Waals surface area (Å²) in [6.07, 6.45) is 0.269. The lowest BCUT2D eigenvalue weighted by atomic mass is 10.2. The molecule has 2 aliphatic heterocycles. The number of aliphatic hydroxyl groups excluding tert-OH is 1. The van der Waals surface area contributed by atoms with Gasteiger partial charge in [0.15, 0.2) is 0 Å². The lowest BCUT2D eigenvalue weighted by molar-refractivity contribution is -0.141. The van der Waals surface area contributed by atoms with Crippen molar-refractivity contribution >= 4 is 12.0 Å². The Labute approximate surface area is 112 Å². The minimum Gasteiger partial charge on any atom is -0.480 e. The summed E-state index contributed by atoms with van der Waals surface area (Å²) in [6.45, 7) is 3.09. The van der Waals surface area contributed by atoms with Gasteiger partial charge in [0.1, 0.15) is 6.04 Å². The van der Waals surface area contributed by atoms with Crippen LogP contribution in [-0.2, 0) is 4.79 Å². The topological polar surface area (TPSA) is 84.3 Å². The van der Waals surface area contributed by atoms with E-state index in [9.17, 15) is 14.7 Å². The number of β-amino-alcohol motifs (C(OH)–C–C–N with tert-alkyl or cyclic N) is 1. The second-order valence-electron chi connectivity index (χ2n) is 5.32. The van der Waals surface area contributed by atoms with Gasteiger partial charge in [-0.1, -0.05) is 0 Å². The summed E-state index contributed by atoms with van der Waals surface area (Å²) in [5.41, 5.74) is 0. The maximum Gasteiger partial charge on any atom is 0.326 e. The van der Waals surface area contributed by atoms with Gasteiger partial charge in [0, 0.05) is 32.6 Å². The predicted octanol–water partition coefficient (Wildman–Crippen LogP) is -0.736. The quantitative estimate of drug-likeness (QED) is 0.656. The zero-order chi connectivity index (χ0) is 14.0. The smallest absolute Gasteiger partial charge is 0.326 e. The van der Waals surface area contributed by atoms with Gasteiger partial charge < -0.3 is 24.9 Å². The largest absolute Gasteiger partial charge is 0.480 e. The van der Waals surface area contributed by atoms with Crippen LogP contribution in [0.2, 0.25) is 0 Å². The van der Waals surface area contributed by atoms with Gasteiger partial charge in [-0.25, -0.2) is 9.59 Å². The van der Waals surface area contributed by atoms with Crippen molar-refractivity contribution in [1.29, 1.82) is 0 Å². The molecule has 0 aliphatic carbocycles. The molecule has 2 amide bonds. The second kappa shape index (κ2) is 5.75. The number of urea groups is 1. The van der Waals surface area contributed by atoms with Crippen molar-refractivity contribution < 1.29 is 19.8 Å². The van der Waals surface area contributed by atoms with E-state index >= 15 is 0 Å². The van der Waals surface area contributed by atoms with Crippen LogP contribution in [0, 0.1) is 0 Å². The molecule has 7 nitrogen and oxygen atoms in total. The number of carbonyl (C=O) groups is 2. The van der Waals surface area contributed by atoms with Crippen molar-refractivity contribution in [3.63, 3.8) is 0 Å². The first-order chi connectivity index (χ1) is 8.99. The minimum atomic E-state index is -1.04. The number of likely N-dealkylation sites (tertiary alicyclic amines) is 1. The van der Waals surface area contributed by atoms with Gasteiger partial charge in [-0.2, -0.15) is 0 Å². The van der Waals surface area contributed by atoms with Crippen LogP contribution in [0.5, 0.6) is 0 Å². The predicted molar refractivity (Wildman–Crippen MR) is 67.8 cm³/mol. The molecule has 0 radical (unpaired) electrons. The van der Waals surface area contributed by atoms with Crippen molar-refractivity contribution in [3.8, 4) is 0 Å². The van der Waals surface area contributed by atoms with Crippen LogP contribution >= 0.6 is 0 Å². The molecule has 2 rings (SSSR count). The second-order valence-corrected chi connectivity index (χ2v) is 5.32. The van der Waals surface area contributed by atoms with Crippen LogP contribution in [0.4, 0.5) is 4.79 Å². The Morgan fingerprint density at radius 2 is 1.89 bits per heavy atom. The highest BCUT2D eigenvalue weighted by Crippen LogP contribution is 2.20. The highest BCUT2D eigenvalue weighted by Gasteiger charge is 2.40. The normalized spacial score (nSPS) is 29.4. The van der Waals surface area contributed by atoms with E-state index in [0.717, 1.165) is 19.5 Å². The van der Waals surface area contributed by atoms with E-state index < -0.39 is 18.1 Å². The molecular weight excluding hydrogens is 250 g/mol. The third-order valence-electron chi connectivity index (χ3n) is 3.80. The van der Waals surface area contributed by atoms with Gasteiger partial charge in [0.25, 0.3) is 0 Å². The van der Waals surface area contributed by atoms with Crippen LogP contribution in [0.1, 0.15) is 12.8 Å². The first-order valence-corrected chi connectivity index (χ1v) is 6.64. The van der Waals surface area contributed by atoms with E-state index in [1.165, 1.54) is 4.90 Å². The summed E-state index contributed by atoms with van der Waals surface area (Å²) in [7, 11) is 2.01. The highest BCUT2D eigenvalue weighted by atomic mass is 16.4. The molecule has 2 aliphatic rings. The van der Waals surface area contributed by atoms with Crippen LogP contribution < -0.4 is 0 Å². The van der Waals surface area contributed by atoms with Crippen LogP contribution in [-0.4, -0.2) is 88.8 Å². The molecule has 0 aromatic rings. The SMILES string of the molecule is CN1CCCN(C(=O)N2CC(O)C[C@H]2C(=O)O)CC1. The van der Waals surface area contributed by atoms with E-state index in [1.54, 1.807) is 4.90 Å². The minimum absolute atomic E-state index is 0.113. The molecular formula is C12H21N3O4. The Morgan fingerprint density at radius 1 is 1.16 bits per heavy atom. The number of carbonyl (C=O) groups excluding carboxylic acids is 1. The van der Waals surface area contributed by atoms with E-state index in [-0.39, 0.29) is 19.0 Å². The van der Waals surface area contributed by atoms with Crippen molar-refractivity contribution in [2.24, 2.45) is 0 Å². The van der Waals surface area contributed by atoms with Crippen LogP contribution in [0.15, 0.2) is 0 Å². The molecule has 0 aromatic carbocycles. The summed E-state index contributed by atoms with van der Waals surface area (Å²) in [5.74, 6) is -1.04. The molecule has 2 N–H and O–H groups in total. The number of hydrogen-bond donors (Lipinski definition) is 2. The van der Waals surface area contributed by atoms with Gasteiger partial charge >= 0.3 is 12.0 Å². The number of carboxylic acid groups (broad SMARTS) is 1. The van der Waals surface area contributed by atoms with Gasteiger partial charge in [-0.15, -0.1) is 0 Å². The number of aliphatic carboxylic acids is 1. The van der Waals surface area contributed by atoms with Crippen molar-refractivity contribution in [2.75, 3.05) is 39.8 Å². The standard InChI is InChI=1S/C12H21N3O4/c1-13-3-2-4-14(6-5-13)12(19)15-8-9(16)7-10(15)11(17)18/h9-10,16H,2-8H2,1H3,(H,17,18)/t9?,10-/m0/s1. The Hall–Kier alpha value is -1.34. The third-order valence-corrected chi connectivity index (χ3v) is 3.80. The zero-order valence-corrected chi connectivity index (χ0v) is 11.2. The van der Waals surface area contributed by atoms with Gasteiger partial charge in [-0.05, 0) is 20.0 Å². The number of carboxylic acids is 1. The summed E-state index contributed by atoms with van der Waals surface area (Å²) in [4.78, 5) is 28.6. The van der Waals surface area contributed by atoms with Gasteiger partial charge in [0.2, 0.25) is 0 Å². The molecule has 108 valence electrons. The maximum absolute atomic E-state index is 12.4. The van der Waals surface area contributed by atoms with Crippen molar-refractivity contribution in [1.82, 2.24) is 14.7 Å². The Balaban J connectivity index is 2.03. The molecule has 2 fully saturated rings. The van der Waals surface area contributed by atoms with Crippen molar-refractivity contribution in [3.05, 3.63) is 0 Å².